The molecule has 0 amide bonds. The highest BCUT2D eigenvalue weighted by atomic mass is 79.9. The summed E-state index contributed by atoms with van der Waals surface area (Å²) in [6.45, 7) is 4.56. The molecule has 0 aliphatic carbocycles. The van der Waals surface area contributed by atoms with Gasteiger partial charge in [-0.25, -0.2) is 0 Å². The first kappa shape index (κ1) is 12.9. The Bertz CT molecular complexity index is 554. The Morgan fingerprint density at radius 2 is 1.95 bits per heavy atom. The van der Waals surface area contributed by atoms with Gasteiger partial charge in [-0.3, -0.25) is 4.98 Å². The van der Waals surface area contributed by atoms with Gasteiger partial charge in [-0.15, -0.1) is 0 Å². The van der Waals surface area contributed by atoms with E-state index in [4.69, 9.17) is 0 Å². The van der Waals surface area contributed by atoms with Gasteiger partial charge in [-0.2, -0.15) is 0 Å². The number of halogens is 1. The molecule has 0 bridgehead atoms. The monoisotopic (exact) mass is 318 g/mol. The van der Waals surface area contributed by atoms with E-state index in [1.165, 1.54) is 23.9 Å². The highest BCUT2D eigenvalue weighted by Crippen LogP contribution is 2.31. The lowest BCUT2D eigenvalue weighted by Gasteiger charge is -2.35. The Morgan fingerprint density at radius 3 is 2.68 bits per heavy atom. The zero-order valence-electron chi connectivity index (χ0n) is 11.2. The van der Waals surface area contributed by atoms with Gasteiger partial charge in [-0.1, -0.05) is 41.1 Å². The molecular weight excluding hydrogens is 300 g/mol. The second-order valence-corrected chi connectivity index (χ2v) is 6.79. The third kappa shape index (κ3) is 2.62. The molecule has 1 aromatic carbocycles. The summed E-state index contributed by atoms with van der Waals surface area (Å²) < 4.78 is 0. The number of benzene rings is 1. The first-order valence-electron chi connectivity index (χ1n) is 6.98. The number of hydrogen-bond donors (Lipinski definition) is 0. The maximum absolute atomic E-state index is 4.45. The summed E-state index contributed by atoms with van der Waals surface area (Å²) >= 11 is 3.72. The van der Waals surface area contributed by atoms with Crippen LogP contribution in [0, 0.1) is 5.92 Å². The highest BCUT2D eigenvalue weighted by Gasteiger charge is 2.23. The van der Waals surface area contributed by atoms with E-state index in [2.05, 4.69) is 63.1 Å². The first-order chi connectivity index (χ1) is 9.25. The van der Waals surface area contributed by atoms with Crippen LogP contribution in [0.4, 0.5) is 5.69 Å². The Hall–Kier alpha value is -1.09. The third-order valence-electron chi connectivity index (χ3n) is 4.16. The van der Waals surface area contributed by atoms with Gasteiger partial charge >= 0.3 is 0 Å². The van der Waals surface area contributed by atoms with Crippen LogP contribution in [-0.2, 0) is 0 Å². The molecule has 1 atom stereocenters. The van der Waals surface area contributed by atoms with Crippen LogP contribution in [-0.4, -0.2) is 22.9 Å². The van der Waals surface area contributed by atoms with Crippen molar-refractivity contribution < 1.29 is 0 Å². The molecule has 1 saturated heterocycles. The van der Waals surface area contributed by atoms with Crippen molar-refractivity contribution in [2.45, 2.75) is 24.6 Å². The van der Waals surface area contributed by atoms with Gasteiger partial charge in [0.05, 0.1) is 5.52 Å². The fourth-order valence-corrected chi connectivity index (χ4v) is 3.48. The lowest BCUT2D eigenvalue weighted by molar-refractivity contribution is 0.407. The summed E-state index contributed by atoms with van der Waals surface area (Å²) in [6, 6.07) is 10.6. The fourth-order valence-electron chi connectivity index (χ4n) is 2.96. The molecule has 0 spiro atoms. The lowest BCUT2D eigenvalue weighted by Crippen LogP contribution is -2.35. The summed E-state index contributed by atoms with van der Waals surface area (Å²) in [5.41, 5.74) is 2.43. The molecule has 3 rings (SSSR count). The second kappa shape index (κ2) is 5.49. The van der Waals surface area contributed by atoms with Crippen LogP contribution in [0.3, 0.4) is 0 Å². The SMILES string of the molecule is CC(Br)C1CCN(c2ccnc3ccccc23)CC1. The van der Waals surface area contributed by atoms with Crippen LogP contribution in [0.2, 0.25) is 0 Å². The van der Waals surface area contributed by atoms with Crippen molar-refractivity contribution in [3.63, 3.8) is 0 Å². The Balaban J connectivity index is 1.86. The predicted octanol–water partition coefficient (Wildman–Crippen LogP) is 4.23. The van der Waals surface area contributed by atoms with Crippen LogP contribution in [0.25, 0.3) is 10.9 Å². The van der Waals surface area contributed by atoms with E-state index >= 15 is 0 Å². The largest absolute Gasteiger partial charge is 0.371 e. The van der Waals surface area contributed by atoms with Gasteiger partial charge in [0, 0.05) is 35.2 Å². The van der Waals surface area contributed by atoms with E-state index in [-0.39, 0.29) is 0 Å². The van der Waals surface area contributed by atoms with Crippen molar-refractivity contribution in [2.75, 3.05) is 18.0 Å². The molecule has 100 valence electrons. The van der Waals surface area contributed by atoms with E-state index in [0.29, 0.717) is 4.83 Å². The van der Waals surface area contributed by atoms with Gasteiger partial charge in [0.15, 0.2) is 0 Å². The van der Waals surface area contributed by atoms with Crippen LogP contribution < -0.4 is 4.90 Å². The summed E-state index contributed by atoms with van der Waals surface area (Å²) in [7, 11) is 0. The molecule has 2 aromatic rings. The molecule has 1 aromatic heterocycles. The normalized spacial score (nSPS) is 18.7. The quantitative estimate of drug-likeness (QED) is 0.770. The number of pyridine rings is 1. The van der Waals surface area contributed by atoms with Crippen LogP contribution in [0.15, 0.2) is 36.5 Å². The number of rotatable bonds is 2. The van der Waals surface area contributed by atoms with Crippen molar-refractivity contribution in [1.82, 2.24) is 4.98 Å². The van der Waals surface area contributed by atoms with Crippen LogP contribution >= 0.6 is 15.9 Å². The Morgan fingerprint density at radius 1 is 1.21 bits per heavy atom. The van der Waals surface area contributed by atoms with Crippen molar-refractivity contribution >= 4 is 32.5 Å². The molecule has 19 heavy (non-hydrogen) atoms. The topological polar surface area (TPSA) is 16.1 Å². The van der Waals surface area contributed by atoms with Gasteiger partial charge in [0.25, 0.3) is 0 Å². The standard InChI is InChI=1S/C16H19BrN2/c1-12(17)13-7-10-19(11-8-13)16-6-9-18-15-5-3-2-4-14(15)16/h2-6,9,12-13H,7-8,10-11H2,1H3. The molecule has 0 radical (unpaired) electrons. The molecule has 0 saturated carbocycles. The molecular formula is C16H19BrN2. The maximum Gasteiger partial charge on any atom is 0.0722 e. The summed E-state index contributed by atoms with van der Waals surface area (Å²) in [4.78, 5) is 7.58. The molecule has 1 aliphatic heterocycles. The van der Waals surface area contributed by atoms with Gasteiger partial charge in [0.2, 0.25) is 0 Å². The first-order valence-corrected chi connectivity index (χ1v) is 7.90. The number of hydrogen-bond acceptors (Lipinski definition) is 2. The third-order valence-corrected chi connectivity index (χ3v) is 4.90. The molecule has 1 aliphatic rings. The molecule has 1 fully saturated rings. The fraction of sp³-hybridized carbons (Fsp3) is 0.438. The van der Waals surface area contributed by atoms with Gasteiger partial charge < -0.3 is 4.90 Å². The minimum atomic E-state index is 0.629. The van der Waals surface area contributed by atoms with Crippen molar-refractivity contribution in [3.8, 4) is 0 Å². The smallest absolute Gasteiger partial charge is 0.0722 e. The molecule has 2 nitrogen and oxygen atoms in total. The molecule has 0 N–H and O–H groups in total. The van der Waals surface area contributed by atoms with Crippen molar-refractivity contribution in [1.29, 1.82) is 0 Å². The Labute approximate surface area is 123 Å². The number of aromatic nitrogens is 1. The summed E-state index contributed by atoms with van der Waals surface area (Å²) in [5, 5.41) is 1.27. The zero-order chi connectivity index (χ0) is 13.2. The van der Waals surface area contributed by atoms with E-state index in [1.807, 2.05) is 6.20 Å². The number of alkyl halides is 1. The average Bonchev–Trinajstić information content (AvgIpc) is 2.47. The summed E-state index contributed by atoms with van der Waals surface area (Å²) in [6.07, 6.45) is 4.46. The zero-order valence-corrected chi connectivity index (χ0v) is 12.8. The number of piperidine rings is 1. The van der Waals surface area contributed by atoms with Crippen LogP contribution in [0.5, 0.6) is 0 Å². The minimum absolute atomic E-state index is 0.629. The van der Waals surface area contributed by atoms with E-state index in [9.17, 15) is 0 Å². The van der Waals surface area contributed by atoms with Crippen LogP contribution in [0.1, 0.15) is 19.8 Å². The number of anilines is 1. The maximum atomic E-state index is 4.45. The van der Waals surface area contributed by atoms with E-state index in [0.717, 1.165) is 24.5 Å². The number of nitrogens with zero attached hydrogens (tertiary/aromatic N) is 2. The van der Waals surface area contributed by atoms with Crippen molar-refractivity contribution in [3.05, 3.63) is 36.5 Å². The molecule has 2 heterocycles. The highest BCUT2D eigenvalue weighted by molar-refractivity contribution is 9.09. The lowest BCUT2D eigenvalue weighted by atomic mass is 9.94. The second-order valence-electron chi connectivity index (χ2n) is 5.35. The average molecular weight is 319 g/mol. The van der Waals surface area contributed by atoms with E-state index < -0.39 is 0 Å². The predicted molar refractivity (Wildman–Crippen MR) is 85.1 cm³/mol. The number of fused-ring (bicyclic) bond motifs is 1. The molecule has 1 unspecified atom stereocenters. The van der Waals surface area contributed by atoms with Gasteiger partial charge in [0.1, 0.15) is 0 Å². The Kier molecular flexibility index (Phi) is 3.74. The van der Waals surface area contributed by atoms with Crippen molar-refractivity contribution in [2.24, 2.45) is 5.92 Å². The minimum Gasteiger partial charge on any atom is -0.371 e. The summed E-state index contributed by atoms with van der Waals surface area (Å²) in [5.74, 6) is 0.810. The number of para-hydroxylation sites is 1. The van der Waals surface area contributed by atoms with E-state index in [1.54, 1.807) is 0 Å². The van der Waals surface area contributed by atoms with Gasteiger partial charge in [-0.05, 0) is 30.9 Å². The molecule has 3 heteroatoms.